The molecule has 5 N–H and O–H groups in total. The van der Waals surface area contributed by atoms with Crippen LogP contribution in [0.3, 0.4) is 0 Å². The minimum atomic E-state index is -0.382. The molecule has 0 aliphatic heterocycles. The van der Waals surface area contributed by atoms with Crippen molar-refractivity contribution in [2.24, 2.45) is 5.73 Å². The third-order valence-corrected chi connectivity index (χ3v) is 1.95. The number of hydrogen-bond acceptors (Lipinski definition) is 6. The summed E-state index contributed by atoms with van der Waals surface area (Å²) in [5.41, 5.74) is 11.2. The number of nitrogens with zero attached hydrogens (tertiary/aromatic N) is 2. The van der Waals surface area contributed by atoms with Gasteiger partial charge in [0.05, 0.1) is 6.61 Å². The summed E-state index contributed by atoms with van der Waals surface area (Å²) in [5.74, 6) is 0.420. The summed E-state index contributed by atoms with van der Waals surface area (Å²) in [4.78, 5) is 18.5. The van der Waals surface area contributed by atoms with Crippen LogP contribution in [0, 0.1) is 0 Å². The van der Waals surface area contributed by atoms with Crippen LogP contribution >= 0.6 is 0 Å². The molecule has 94 valence electrons. The van der Waals surface area contributed by atoms with Crippen molar-refractivity contribution in [2.45, 2.75) is 19.8 Å². The molecule has 0 bridgehead atoms. The van der Waals surface area contributed by atoms with Crippen LogP contribution in [0.15, 0.2) is 6.33 Å². The summed E-state index contributed by atoms with van der Waals surface area (Å²) >= 11 is 0. The highest BCUT2D eigenvalue weighted by Gasteiger charge is 2.08. The smallest absolute Gasteiger partial charge is 0.242 e. The highest BCUT2D eigenvalue weighted by molar-refractivity contribution is 5.74. The summed E-state index contributed by atoms with van der Waals surface area (Å²) in [6.07, 6.45) is 2.44. The highest BCUT2D eigenvalue weighted by atomic mass is 16.5. The van der Waals surface area contributed by atoms with Crippen LogP contribution in [0.2, 0.25) is 0 Å². The number of carbonyl (C=O) groups excluding carboxylic acids is 1. The van der Waals surface area contributed by atoms with Crippen LogP contribution in [0.1, 0.15) is 19.8 Å². The number of ether oxygens (including phenoxy) is 1. The SMILES string of the molecule is CCCOc1ncnc(NCCC(N)=O)c1N. The molecule has 0 fully saturated rings. The Morgan fingerprint density at radius 3 is 2.94 bits per heavy atom. The number of carbonyl (C=O) groups is 1. The predicted octanol–water partition coefficient (Wildman–Crippen LogP) is 0.135. The van der Waals surface area contributed by atoms with Crippen LogP contribution in [0.4, 0.5) is 11.5 Å². The zero-order chi connectivity index (χ0) is 12.7. The summed E-state index contributed by atoms with van der Waals surface area (Å²) < 4.78 is 5.35. The number of primary amides is 1. The number of nitrogens with one attached hydrogen (secondary N) is 1. The minimum absolute atomic E-state index is 0.217. The van der Waals surface area contributed by atoms with Crippen molar-refractivity contribution in [2.75, 3.05) is 24.2 Å². The van der Waals surface area contributed by atoms with Gasteiger partial charge in [-0.25, -0.2) is 4.98 Å². The van der Waals surface area contributed by atoms with E-state index in [1.165, 1.54) is 6.33 Å². The molecule has 1 amide bonds. The maximum atomic E-state index is 10.6. The molecule has 0 saturated heterocycles. The van der Waals surface area contributed by atoms with E-state index in [2.05, 4.69) is 15.3 Å². The van der Waals surface area contributed by atoms with Crippen molar-refractivity contribution in [1.82, 2.24) is 9.97 Å². The average Bonchev–Trinajstić information content (AvgIpc) is 2.29. The lowest BCUT2D eigenvalue weighted by Crippen LogP contribution is -2.17. The number of amides is 1. The number of anilines is 2. The Hall–Kier alpha value is -2.05. The Morgan fingerprint density at radius 2 is 2.29 bits per heavy atom. The summed E-state index contributed by atoms with van der Waals surface area (Å²) in [5, 5.41) is 2.90. The van der Waals surface area contributed by atoms with E-state index in [1.54, 1.807) is 0 Å². The van der Waals surface area contributed by atoms with Gasteiger partial charge in [0.15, 0.2) is 5.82 Å². The van der Waals surface area contributed by atoms with E-state index in [1.807, 2.05) is 6.92 Å². The van der Waals surface area contributed by atoms with Crippen LogP contribution in [-0.4, -0.2) is 29.0 Å². The van der Waals surface area contributed by atoms with Crippen molar-refractivity contribution in [1.29, 1.82) is 0 Å². The number of hydrogen-bond donors (Lipinski definition) is 3. The molecule has 7 heteroatoms. The van der Waals surface area contributed by atoms with Crippen molar-refractivity contribution in [3.63, 3.8) is 0 Å². The highest BCUT2D eigenvalue weighted by Crippen LogP contribution is 2.24. The maximum absolute atomic E-state index is 10.6. The Labute approximate surface area is 99.6 Å². The van der Waals surface area contributed by atoms with E-state index >= 15 is 0 Å². The molecule has 0 saturated carbocycles. The van der Waals surface area contributed by atoms with Crippen LogP contribution in [0.25, 0.3) is 0 Å². The second-order valence-corrected chi connectivity index (χ2v) is 3.43. The Balaban J connectivity index is 2.62. The van der Waals surface area contributed by atoms with Gasteiger partial charge in [-0.15, -0.1) is 0 Å². The zero-order valence-electron chi connectivity index (χ0n) is 9.77. The molecule has 1 aromatic rings. The first-order valence-electron chi connectivity index (χ1n) is 5.40. The van der Waals surface area contributed by atoms with E-state index in [0.29, 0.717) is 30.5 Å². The van der Waals surface area contributed by atoms with E-state index < -0.39 is 0 Å². The van der Waals surface area contributed by atoms with E-state index in [9.17, 15) is 4.79 Å². The van der Waals surface area contributed by atoms with Crippen molar-refractivity contribution >= 4 is 17.4 Å². The second kappa shape index (κ2) is 6.51. The molecular weight excluding hydrogens is 222 g/mol. The zero-order valence-corrected chi connectivity index (χ0v) is 9.77. The fourth-order valence-electron chi connectivity index (χ4n) is 1.14. The average molecular weight is 239 g/mol. The van der Waals surface area contributed by atoms with E-state index in [0.717, 1.165) is 6.42 Å². The Kier molecular flexibility index (Phi) is 4.99. The van der Waals surface area contributed by atoms with Crippen molar-refractivity contribution in [3.05, 3.63) is 6.33 Å². The molecule has 1 heterocycles. The number of aromatic nitrogens is 2. The fourth-order valence-corrected chi connectivity index (χ4v) is 1.14. The molecule has 0 spiro atoms. The molecule has 0 aromatic carbocycles. The van der Waals surface area contributed by atoms with Crippen molar-refractivity contribution in [3.8, 4) is 5.88 Å². The van der Waals surface area contributed by atoms with Crippen LogP contribution in [-0.2, 0) is 4.79 Å². The van der Waals surface area contributed by atoms with Gasteiger partial charge in [-0.3, -0.25) is 4.79 Å². The lowest BCUT2D eigenvalue weighted by Gasteiger charge is -2.10. The summed E-state index contributed by atoms with van der Waals surface area (Å²) in [7, 11) is 0. The maximum Gasteiger partial charge on any atom is 0.242 e. The molecule has 1 rings (SSSR count). The van der Waals surface area contributed by atoms with Gasteiger partial charge in [-0.05, 0) is 6.42 Å². The van der Waals surface area contributed by atoms with Crippen LogP contribution in [0.5, 0.6) is 5.88 Å². The Morgan fingerprint density at radius 1 is 1.53 bits per heavy atom. The van der Waals surface area contributed by atoms with E-state index in [4.69, 9.17) is 16.2 Å². The molecule has 0 atom stereocenters. The van der Waals surface area contributed by atoms with Crippen molar-refractivity contribution < 1.29 is 9.53 Å². The molecule has 0 aliphatic carbocycles. The van der Waals surface area contributed by atoms with Gasteiger partial charge in [0.1, 0.15) is 12.0 Å². The van der Waals surface area contributed by atoms with Gasteiger partial charge in [-0.2, -0.15) is 4.98 Å². The lowest BCUT2D eigenvalue weighted by atomic mass is 10.4. The quantitative estimate of drug-likeness (QED) is 0.623. The lowest BCUT2D eigenvalue weighted by molar-refractivity contribution is -0.117. The van der Waals surface area contributed by atoms with Gasteiger partial charge in [-0.1, -0.05) is 6.92 Å². The summed E-state index contributed by atoms with van der Waals surface area (Å²) in [6.45, 7) is 2.91. The molecule has 0 aliphatic rings. The van der Waals surface area contributed by atoms with Gasteiger partial charge in [0.25, 0.3) is 0 Å². The van der Waals surface area contributed by atoms with E-state index in [-0.39, 0.29) is 12.3 Å². The second-order valence-electron chi connectivity index (χ2n) is 3.43. The first-order valence-corrected chi connectivity index (χ1v) is 5.40. The third kappa shape index (κ3) is 4.13. The number of nitrogen functional groups attached to an aromatic ring is 1. The van der Waals surface area contributed by atoms with Gasteiger partial charge in [0.2, 0.25) is 11.8 Å². The molecule has 1 aromatic heterocycles. The number of rotatable bonds is 7. The Bertz CT molecular complexity index is 383. The molecule has 0 radical (unpaired) electrons. The monoisotopic (exact) mass is 239 g/mol. The van der Waals surface area contributed by atoms with Crippen LogP contribution < -0.4 is 21.5 Å². The third-order valence-electron chi connectivity index (χ3n) is 1.95. The molecule has 0 unspecified atom stereocenters. The minimum Gasteiger partial charge on any atom is -0.476 e. The normalized spacial score (nSPS) is 9.94. The predicted molar refractivity (Wildman–Crippen MR) is 64.5 cm³/mol. The molecule has 7 nitrogen and oxygen atoms in total. The molecule has 17 heavy (non-hydrogen) atoms. The molecular formula is C10H17N5O2. The topological polar surface area (TPSA) is 116 Å². The van der Waals surface area contributed by atoms with Gasteiger partial charge < -0.3 is 21.5 Å². The van der Waals surface area contributed by atoms with Gasteiger partial charge in [0, 0.05) is 13.0 Å². The number of nitrogens with two attached hydrogens (primary N) is 2. The summed E-state index contributed by atoms with van der Waals surface area (Å²) in [6, 6.07) is 0. The standard InChI is InChI=1S/C10H17N5O2/c1-2-5-17-10-8(12)9(14-6-15-10)13-4-3-7(11)16/h6H,2-5,12H2,1H3,(H2,11,16)(H,13,14,15). The largest absolute Gasteiger partial charge is 0.476 e. The first kappa shape index (κ1) is 13.0. The first-order chi connectivity index (χ1) is 8.15. The fraction of sp³-hybridized carbons (Fsp3) is 0.500. The van der Waals surface area contributed by atoms with Gasteiger partial charge >= 0.3 is 0 Å².